The van der Waals surface area contributed by atoms with E-state index in [0.29, 0.717) is 0 Å². The van der Waals surface area contributed by atoms with Crippen molar-refractivity contribution in [1.29, 1.82) is 0 Å². The van der Waals surface area contributed by atoms with Crippen molar-refractivity contribution in [2.24, 2.45) is 0 Å². The fourth-order valence-electron chi connectivity index (χ4n) is 2.75. The lowest BCUT2D eigenvalue weighted by Crippen LogP contribution is -2.48. The molecule has 3 heterocycles. The van der Waals surface area contributed by atoms with Gasteiger partial charge in [0, 0.05) is 6.20 Å². The summed E-state index contributed by atoms with van der Waals surface area (Å²) in [6, 6.07) is 6.08. The van der Waals surface area contributed by atoms with Crippen molar-refractivity contribution >= 4 is 0 Å². The summed E-state index contributed by atoms with van der Waals surface area (Å²) < 4.78 is 5.75. The molecule has 1 saturated heterocycles. The van der Waals surface area contributed by atoms with Gasteiger partial charge in [-0.3, -0.25) is 10.3 Å². The monoisotopic (exact) mass is 242 g/mol. The predicted octanol–water partition coefficient (Wildman–Crippen LogP) is 2.87. The third-order valence-electron chi connectivity index (χ3n) is 3.66. The highest BCUT2D eigenvalue weighted by molar-refractivity contribution is 5.30. The quantitative estimate of drug-likeness (QED) is 0.866. The minimum atomic E-state index is -0.232. The number of aromatic nitrogens is 1. The van der Waals surface area contributed by atoms with Crippen molar-refractivity contribution in [2.45, 2.75) is 31.2 Å². The Balaban J connectivity index is 2.00. The molecule has 0 aromatic carbocycles. The van der Waals surface area contributed by atoms with E-state index in [1.807, 2.05) is 24.4 Å². The summed E-state index contributed by atoms with van der Waals surface area (Å²) in [4.78, 5) is 4.54. The molecule has 18 heavy (non-hydrogen) atoms. The summed E-state index contributed by atoms with van der Waals surface area (Å²) in [6.45, 7) is 1.01. The highest BCUT2D eigenvalue weighted by Crippen LogP contribution is 2.37. The summed E-state index contributed by atoms with van der Waals surface area (Å²) in [5, 5.41) is 3.63. The summed E-state index contributed by atoms with van der Waals surface area (Å²) >= 11 is 0. The van der Waals surface area contributed by atoms with Crippen LogP contribution >= 0.6 is 0 Å². The number of allylic oxidation sites excluding steroid dienone is 2. The molecule has 0 aliphatic carbocycles. The molecule has 0 amide bonds. The molecule has 0 radical (unpaired) electrons. The van der Waals surface area contributed by atoms with E-state index >= 15 is 0 Å². The Kier molecular flexibility index (Phi) is 3.15. The van der Waals surface area contributed by atoms with Crippen molar-refractivity contribution in [1.82, 2.24) is 10.3 Å². The fourth-order valence-corrected chi connectivity index (χ4v) is 2.75. The van der Waals surface area contributed by atoms with Gasteiger partial charge in [-0.15, -0.1) is 0 Å². The van der Waals surface area contributed by atoms with Crippen LogP contribution in [0.4, 0.5) is 0 Å². The van der Waals surface area contributed by atoms with E-state index < -0.39 is 0 Å². The van der Waals surface area contributed by atoms with E-state index in [2.05, 4.69) is 22.4 Å². The minimum Gasteiger partial charge on any atom is -0.468 e. The van der Waals surface area contributed by atoms with Crippen molar-refractivity contribution in [2.75, 3.05) is 6.54 Å². The third-order valence-corrected chi connectivity index (χ3v) is 3.66. The lowest BCUT2D eigenvalue weighted by atomic mass is 9.82. The summed E-state index contributed by atoms with van der Waals surface area (Å²) in [7, 11) is 0. The first kappa shape index (κ1) is 11.5. The Morgan fingerprint density at radius 2 is 2.28 bits per heavy atom. The fraction of sp³-hybridized carbons (Fsp3) is 0.400. The molecule has 94 valence electrons. The average Bonchev–Trinajstić information content (AvgIpc) is 2.50. The third kappa shape index (κ3) is 1.95. The summed E-state index contributed by atoms with van der Waals surface area (Å²) in [6.07, 6.45) is 12.2. The molecular formula is C15H18N2O. The molecule has 1 aromatic heterocycles. The molecule has 1 atom stereocenters. The molecule has 2 aliphatic rings. The lowest BCUT2D eigenvalue weighted by Gasteiger charge is -2.39. The Morgan fingerprint density at radius 3 is 2.94 bits per heavy atom. The van der Waals surface area contributed by atoms with Gasteiger partial charge < -0.3 is 4.74 Å². The summed E-state index contributed by atoms with van der Waals surface area (Å²) in [5.74, 6) is 1.00. The van der Waals surface area contributed by atoms with Gasteiger partial charge in [0.25, 0.3) is 0 Å². The number of hydrogen-bond donors (Lipinski definition) is 1. The van der Waals surface area contributed by atoms with Crippen LogP contribution in [-0.4, -0.2) is 11.5 Å². The first-order valence-electron chi connectivity index (χ1n) is 6.61. The lowest BCUT2D eigenvalue weighted by molar-refractivity contribution is 0.183. The molecule has 3 rings (SSSR count). The van der Waals surface area contributed by atoms with Gasteiger partial charge in [-0.2, -0.15) is 0 Å². The van der Waals surface area contributed by atoms with Gasteiger partial charge in [-0.25, -0.2) is 0 Å². The molecular weight excluding hydrogens is 224 g/mol. The summed E-state index contributed by atoms with van der Waals surface area (Å²) in [5.41, 5.74) is 0.829. The van der Waals surface area contributed by atoms with Crippen LogP contribution in [0.5, 0.6) is 0 Å². The molecule has 1 fully saturated rings. The van der Waals surface area contributed by atoms with Gasteiger partial charge in [-0.05, 0) is 56.5 Å². The number of piperidine rings is 1. The van der Waals surface area contributed by atoms with E-state index in [-0.39, 0.29) is 5.54 Å². The number of nitrogens with zero attached hydrogens (tertiary/aromatic N) is 1. The van der Waals surface area contributed by atoms with Crippen LogP contribution < -0.4 is 5.32 Å². The first-order valence-corrected chi connectivity index (χ1v) is 6.61. The molecule has 1 aromatic rings. The van der Waals surface area contributed by atoms with Crippen LogP contribution in [0.1, 0.15) is 31.4 Å². The normalized spacial score (nSPS) is 27.4. The maximum absolute atomic E-state index is 5.75. The number of rotatable bonds is 2. The van der Waals surface area contributed by atoms with Gasteiger partial charge in [-0.1, -0.05) is 6.07 Å². The molecule has 0 spiro atoms. The maximum Gasteiger partial charge on any atom is 0.126 e. The largest absolute Gasteiger partial charge is 0.468 e. The topological polar surface area (TPSA) is 34.1 Å². The van der Waals surface area contributed by atoms with Gasteiger partial charge in [0.1, 0.15) is 11.3 Å². The van der Waals surface area contributed by atoms with Crippen LogP contribution in [0.2, 0.25) is 0 Å². The molecule has 0 saturated carbocycles. The van der Waals surface area contributed by atoms with Gasteiger partial charge >= 0.3 is 0 Å². The average molecular weight is 242 g/mol. The highest BCUT2D eigenvalue weighted by atomic mass is 16.5. The van der Waals surface area contributed by atoms with Crippen molar-refractivity contribution in [3.8, 4) is 0 Å². The van der Waals surface area contributed by atoms with Crippen LogP contribution in [-0.2, 0) is 10.3 Å². The number of pyridine rings is 1. The standard InChI is InChI=1S/C15H18N2O/c1-4-10-16-13(7-1)15(9-3-5-11-17-15)14-8-2-6-12-18-14/h1,4,6-8,10,12,17H,2-3,5,9,11H2. The van der Waals surface area contributed by atoms with Gasteiger partial charge in [0.15, 0.2) is 0 Å². The zero-order valence-corrected chi connectivity index (χ0v) is 10.4. The van der Waals surface area contributed by atoms with Crippen LogP contribution in [0.3, 0.4) is 0 Å². The van der Waals surface area contributed by atoms with Crippen LogP contribution in [0.15, 0.2) is 48.6 Å². The SMILES string of the molecule is C1=COC(C2(c3ccccn3)CCCCN2)=CC1. The minimum absolute atomic E-state index is 0.232. The Morgan fingerprint density at radius 1 is 1.28 bits per heavy atom. The van der Waals surface area contributed by atoms with Crippen molar-refractivity contribution < 1.29 is 4.74 Å². The van der Waals surface area contributed by atoms with Gasteiger partial charge in [0.05, 0.1) is 12.0 Å². The van der Waals surface area contributed by atoms with Crippen LogP contribution in [0.25, 0.3) is 0 Å². The second-order valence-electron chi connectivity index (χ2n) is 4.80. The Hall–Kier alpha value is -1.61. The number of hydrogen-bond acceptors (Lipinski definition) is 3. The smallest absolute Gasteiger partial charge is 0.126 e. The molecule has 1 unspecified atom stereocenters. The van der Waals surface area contributed by atoms with Gasteiger partial charge in [0.2, 0.25) is 0 Å². The van der Waals surface area contributed by atoms with E-state index in [1.54, 1.807) is 6.26 Å². The van der Waals surface area contributed by atoms with Crippen molar-refractivity contribution in [3.05, 3.63) is 54.3 Å². The zero-order chi connectivity index (χ0) is 12.3. The Bertz CT molecular complexity index is 459. The molecule has 2 aliphatic heterocycles. The molecule has 3 nitrogen and oxygen atoms in total. The first-order chi connectivity index (χ1) is 8.92. The number of nitrogens with one attached hydrogen (secondary N) is 1. The van der Waals surface area contributed by atoms with E-state index in [0.717, 1.165) is 30.8 Å². The Labute approximate surface area is 108 Å². The van der Waals surface area contributed by atoms with Crippen molar-refractivity contribution in [3.63, 3.8) is 0 Å². The van der Waals surface area contributed by atoms with E-state index in [4.69, 9.17) is 4.74 Å². The zero-order valence-electron chi connectivity index (χ0n) is 10.4. The predicted molar refractivity (Wildman–Crippen MR) is 70.7 cm³/mol. The number of ether oxygens (including phenoxy) is 1. The van der Waals surface area contributed by atoms with Crippen LogP contribution in [0, 0.1) is 0 Å². The maximum atomic E-state index is 5.75. The molecule has 3 heteroatoms. The molecule has 0 bridgehead atoms. The second kappa shape index (κ2) is 4.94. The second-order valence-corrected chi connectivity index (χ2v) is 4.80. The van der Waals surface area contributed by atoms with E-state index in [1.165, 1.54) is 12.8 Å². The van der Waals surface area contributed by atoms with E-state index in [9.17, 15) is 0 Å². The highest BCUT2D eigenvalue weighted by Gasteiger charge is 2.40. The molecule has 1 N–H and O–H groups in total.